The predicted octanol–water partition coefficient (Wildman–Crippen LogP) is 3.65. The molecule has 1 aromatic heterocycles. The molecule has 0 saturated carbocycles. The fourth-order valence-corrected chi connectivity index (χ4v) is 2.50. The maximum absolute atomic E-state index is 5.28. The number of aromatic nitrogens is 3. The first-order valence-electron chi connectivity index (χ1n) is 5.67. The van der Waals surface area contributed by atoms with E-state index in [1.807, 2.05) is 22.8 Å². The van der Waals surface area contributed by atoms with Gasteiger partial charge in [-0.05, 0) is 30.8 Å². The summed E-state index contributed by atoms with van der Waals surface area (Å²) in [6, 6.07) is 5.84. The number of hydrogen-bond donors (Lipinski definition) is 1. The molecule has 0 bridgehead atoms. The quantitative estimate of drug-likeness (QED) is 0.871. The van der Waals surface area contributed by atoms with Crippen molar-refractivity contribution < 1.29 is 4.74 Å². The Morgan fingerprint density at radius 1 is 1.44 bits per heavy atom. The normalized spacial score (nSPS) is 10.6. The summed E-state index contributed by atoms with van der Waals surface area (Å²) >= 11 is 8.75. The van der Waals surface area contributed by atoms with E-state index in [2.05, 4.69) is 33.1 Å². The highest BCUT2D eigenvalue weighted by Gasteiger charge is 2.09. The van der Waals surface area contributed by atoms with Gasteiger partial charge in [-0.1, -0.05) is 22.9 Å². The molecule has 0 aliphatic rings. The van der Waals surface area contributed by atoms with Crippen LogP contribution in [0, 0.1) is 4.77 Å². The monoisotopic (exact) mass is 327 g/mol. The Hall–Kier alpha value is -1.14. The minimum atomic E-state index is 0.596. The van der Waals surface area contributed by atoms with Gasteiger partial charge in [0.15, 0.2) is 4.77 Å². The summed E-state index contributed by atoms with van der Waals surface area (Å²) in [5, 5.41) is 7.09. The molecule has 0 amide bonds. The minimum absolute atomic E-state index is 0.596. The molecule has 6 heteroatoms. The molecule has 0 aliphatic carbocycles. The fraction of sp³-hybridized carbons (Fsp3) is 0.333. The van der Waals surface area contributed by atoms with Crippen molar-refractivity contribution in [1.82, 2.24) is 14.8 Å². The first kappa shape index (κ1) is 13.3. The van der Waals surface area contributed by atoms with Crippen molar-refractivity contribution >= 4 is 28.1 Å². The van der Waals surface area contributed by atoms with Crippen molar-refractivity contribution in [2.24, 2.45) is 0 Å². The number of halogens is 1. The Morgan fingerprint density at radius 2 is 2.22 bits per heavy atom. The Bertz CT molecular complexity index is 606. The molecular formula is C12H14BrN3OS. The average molecular weight is 328 g/mol. The number of ether oxygens (including phenoxy) is 1. The summed E-state index contributed by atoms with van der Waals surface area (Å²) in [5.74, 6) is 1.72. The second kappa shape index (κ2) is 5.67. The van der Waals surface area contributed by atoms with Crippen molar-refractivity contribution in [3.8, 4) is 11.4 Å². The van der Waals surface area contributed by atoms with Crippen molar-refractivity contribution in [3.05, 3.63) is 33.3 Å². The third kappa shape index (κ3) is 2.64. The fourth-order valence-electron chi connectivity index (χ4n) is 1.78. The minimum Gasteiger partial charge on any atom is -0.497 e. The maximum atomic E-state index is 5.28. The third-order valence-corrected chi connectivity index (χ3v) is 3.30. The Labute approximate surface area is 119 Å². The van der Waals surface area contributed by atoms with Gasteiger partial charge in [-0.15, -0.1) is 0 Å². The number of aryl methyl sites for hydroxylation is 1. The van der Waals surface area contributed by atoms with Crippen LogP contribution in [0.2, 0.25) is 0 Å². The smallest absolute Gasteiger partial charge is 0.199 e. The highest BCUT2D eigenvalue weighted by atomic mass is 79.9. The van der Waals surface area contributed by atoms with E-state index in [1.54, 1.807) is 7.11 Å². The zero-order valence-electron chi connectivity index (χ0n) is 10.2. The SMILES string of the molecule is CCCc1n[nH]c(=S)n1-c1cc(Br)cc(OC)c1. The predicted molar refractivity (Wildman–Crippen MR) is 77.0 cm³/mol. The highest BCUT2D eigenvalue weighted by Crippen LogP contribution is 2.24. The Morgan fingerprint density at radius 3 is 2.89 bits per heavy atom. The van der Waals surface area contributed by atoms with Gasteiger partial charge in [0.05, 0.1) is 12.8 Å². The van der Waals surface area contributed by atoms with E-state index in [4.69, 9.17) is 17.0 Å². The van der Waals surface area contributed by atoms with Crippen molar-refractivity contribution in [3.63, 3.8) is 0 Å². The first-order valence-corrected chi connectivity index (χ1v) is 6.87. The van der Waals surface area contributed by atoms with Crippen LogP contribution in [0.5, 0.6) is 5.75 Å². The number of methoxy groups -OCH3 is 1. The van der Waals surface area contributed by atoms with Gasteiger partial charge >= 0.3 is 0 Å². The van der Waals surface area contributed by atoms with Gasteiger partial charge in [-0.3, -0.25) is 9.67 Å². The summed E-state index contributed by atoms with van der Waals surface area (Å²) in [4.78, 5) is 0. The number of aromatic amines is 1. The molecule has 2 aromatic rings. The molecule has 96 valence electrons. The van der Waals surface area contributed by atoms with Crippen molar-refractivity contribution in [2.45, 2.75) is 19.8 Å². The average Bonchev–Trinajstić information content (AvgIpc) is 2.70. The number of nitrogens with one attached hydrogen (secondary N) is 1. The van der Waals surface area contributed by atoms with E-state index in [-0.39, 0.29) is 0 Å². The largest absolute Gasteiger partial charge is 0.497 e. The van der Waals surface area contributed by atoms with Crippen LogP contribution in [0.15, 0.2) is 22.7 Å². The molecule has 4 nitrogen and oxygen atoms in total. The van der Waals surface area contributed by atoms with Crippen LogP contribution in [0.4, 0.5) is 0 Å². The van der Waals surface area contributed by atoms with Gasteiger partial charge in [-0.25, -0.2) is 0 Å². The van der Waals surface area contributed by atoms with E-state index in [0.717, 1.165) is 34.6 Å². The number of hydrogen-bond acceptors (Lipinski definition) is 3. The van der Waals surface area contributed by atoms with E-state index < -0.39 is 0 Å². The molecule has 0 unspecified atom stereocenters. The molecule has 0 atom stereocenters. The van der Waals surface area contributed by atoms with Crippen LogP contribution in [0.3, 0.4) is 0 Å². The van der Waals surface area contributed by atoms with Gasteiger partial charge in [0.1, 0.15) is 11.6 Å². The molecule has 1 N–H and O–H groups in total. The van der Waals surface area contributed by atoms with E-state index in [1.165, 1.54) is 0 Å². The molecule has 1 heterocycles. The van der Waals surface area contributed by atoms with Gasteiger partial charge < -0.3 is 4.74 Å². The maximum Gasteiger partial charge on any atom is 0.199 e. The second-order valence-corrected chi connectivity index (χ2v) is 5.18. The summed E-state index contributed by atoms with van der Waals surface area (Å²) in [6.45, 7) is 2.11. The number of H-pyrrole nitrogens is 1. The first-order chi connectivity index (χ1) is 8.65. The lowest BCUT2D eigenvalue weighted by molar-refractivity contribution is 0.414. The molecule has 0 saturated heterocycles. The molecule has 0 spiro atoms. The lowest BCUT2D eigenvalue weighted by Gasteiger charge is -2.09. The lowest BCUT2D eigenvalue weighted by Crippen LogP contribution is -2.01. The lowest BCUT2D eigenvalue weighted by atomic mass is 10.2. The highest BCUT2D eigenvalue weighted by molar-refractivity contribution is 9.10. The van der Waals surface area contributed by atoms with Crippen LogP contribution in [0.1, 0.15) is 19.2 Å². The molecule has 1 aromatic carbocycles. The molecular weight excluding hydrogens is 314 g/mol. The summed E-state index contributed by atoms with van der Waals surface area (Å²) in [5.41, 5.74) is 0.948. The molecule has 0 fully saturated rings. The van der Waals surface area contributed by atoms with Crippen molar-refractivity contribution in [2.75, 3.05) is 7.11 Å². The number of rotatable bonds is 4. The third-order valence-electron chi connectivity index (χ3n) is 2.57. The van der Waals surface area contributed by atoms with Crippen LogP contribution in [-0.4, -0.2) is 21.9 Å². The van der Waals surface area contributed by atoms with Gasteiger partial charge in [0.25, 0.3) is 0 Å². The van der Waals surface area contributed by atoms with Gasteiger partial charge in [0.2, 0.25) is 0 Å². The number of nitrogens with zero attached hydrogens (tertiary/aromatic N) is 2. The standard InChI is InChI=1S/C12H14BrN3OS/c1-3-4-11-14-15-12(18)16(11)9-5-8(13)6-10(7-9)17-2/h5-7H,3-4H2,1-2H3,(H,15,18). The zero-order chi connectivity index (χ0) is 13.1. The number of benzene rings is 1. The zero-order valence-corrected chi connectivity index (χ0v) is 12.6. The summed E-state index contributed by atoms with van der Waals surface area (Å²) in [7, 11) is 1.65. The summed E-state index contributed by atoms with van der Waals surface area (Å²) < 4.78 is 8.74. The second-order valence-electron chi connectivity index (χ2n) is 3.88. The van der Waals surface area contributed by atoms with Gasteiger partial charge in [0, 0.05) is 17.0 Å². The topological polar surface area (TPSA) is 42.8 Å². The van der Waals surface area contributed by atoms with Crippen LogP contribution in [0.25, 0.3) is 5.69 Å². The van der Waals surface area contributed by atoms with Crippen LogP contribution < -0.4 is 4.74 Å². The molecule has 2 rings (SSSR count). The molecule has 0 aliphatic heterocycles. The summed E-state index contributed by atoms with van der Waals surface area (Å²) in [6.07, 6.45) is 1.90. The van der Waals surface area contributed by atoms with Crippen LogP contribution in [-0.2, 0) is 6.42 Å². The van der Waals surface area contributed by atoms with E-state index in [9.17, 15) is 0 Å². The molecule has 0 radical (unpaired) electrons. The van der Waals surface area contributed by atoms with E-state index in [0.29, 0.717) is 4.77 Å². The van der Waals surface area contributed by atoms with Crippen molar-refractivity contribution in [1.29, 1.82) is 0 Å². The Kier molecular flexibility index (Phi) is 4.19. The molecule has 18 heavy (non-hydrogen) atoms. The van der Waals surface area contributed by atoms with Gasteiger partial charge in [-0.2, -0.15) is 5.10 Å². The van der Waals surface area contributed by atoms with E-state index >= 15 is 0 Å². The Balaban J connectivity index is 2.57. The van der Waals surface area contributed by atoms with Crippen LogP contribution >= 0.6 is 28.1 Å².